The van der Waals surface area contributed by atoms with E-state index in [1.165, 1.54) is 4.31 Å². The largest absolute Gasteiger partial charge is 0.481 e. The molecule has 0 aromatic heterocycles. The zero-order valence-electron chi connectivity index (χ0n) is 12.4. The lowest BCUT2D eigenvalue weighted by Crippen LogP contribution is -2.46. The van der Waals surface area contributed by atoms with Crippen molar-refractivity contribution in [1.82, 2.24) is 4.31 Å². The molecule has 1 heterocycles. The maximum absolute atomic E-state index is 12.5. The molecular formula is C15H20ClNO4S. The lowest BCUT2D eigenvalue weighted by molar-refractivity contribution is -0.143. The van der Waals surface area contributed by atoms with Crippen molar-refractivity contribution in [3.05, 3.63) is 34.9 Å². The molecule has 2 rings (SSSR count). The van der Waals surface area contributed by atoms with Gasteiger partial charge in [-0.15, -0.1) is 0 Å². The predicted molar refractivity (Wildman–Crippen MR) is 85.4 cm³/mol. The van der Waals surface area contributed by atoms with E-state index in [0.717, 1.165) is 5.56 Å². The van der Waals surface area contributed by atoms with Crippen LogP contribution < -0.4 is 0 Å². The third-order valence-corrected chi connectivity index (χ3v) is 5.95. The summed E-state index contributed by atoms with van der Waals surface area (Å²) in [5.41, 5.74) is 0.857. The van der Waals surface area contributed by atoms with Gasteiger partial charge in [0, 0.05) is 18.1 Å². The van der Waals surface area contributed by atoms with Crippen molar-refractivity contribution in [2.24, 2.45) is 11.8 Å². The van der Waals surface area contributed by atoms with Gasteiger partial charge in [-0.05, 0) is 36.5 Å². The van der Waals surface area contributed by atoms with E-state index >= 15 is 0 Å². The molecule has 1 aromatic carbocycles. The third kappa shape index (κ3) is 4.44. The summed E-state index contributed by atoms with van der Waals surface area (Å²) in [6.07, 6.45) is 0.890. The minimum atomic E-state index is -3.47. The summed E-state index contributed by atoms with van der Waals surface area (Å²) in [5.74, 6) is -1.53. The molecule has 2 atom stereocenters. The van der Waals surface area contributed by atoms with Crippen LogP contribution in [-0.4, -0.2) is 42.6 Å². The van der Waals surface area contributed by atoms with Gasteiger partial charge >= 0.3 is 5.97 Å². The van der Waals surface area contributed by atoms with Crippen molar-refractivity contribution < 1.29 is 18.3 Å². The number of hydrogen-bond donors (Lipinski definition) is 1. The molecule has 0 aliphatic carbocycles. The van der Waals surface area contributed by atoms with Crippen molar-refractivity contribution in [3.8, 4) is 0 Å². The van der Waals surface area contributed by atoms with Gasteiger partial charge in [-0.1, -0.05) is 30.7 Å². The minimum absolute atomic E-state index is 0.0353. The number of aryl methyl sites for hydroxylation is 1. The lowest BCUT2D eigenvalue weighted by atomic mass is 9.92. The molecule has 1 aliphatic rings. The fourth-order valence-electron chi connectivity index (χ4n) is 2.78. The summed E-state index contributed by atoms with van der Waals surface area (Å²) in [6.45, 7) is 2.34. The molecule has 1 saturated heterocycles. The fraction of sp³-hybridized carbons (Fsp3) is 0.533. The molecular weight excluding hydrogens is 326 g/mol. The number of carbonyl (C=O) groups is 1. The second-order valence-electron chi connectivity index (χ2n) is 5.89. The first-order valence-electron chi connectivity index (χ1n) is 7.23. The zero-order valence-corrected chi connectivity index (χ0v) is 14.0. The van der Waals surface area contributed by atoms with Crippen molar-refractivity contribution in [1.29, 1.82) is 0 Å². The second-order valence-corrected chi connectivity index (χ2v) is 8.41. The van der Waals surface area contributed by atoms with E-state index in [9.17, 15) is 13.2 Å². The van der Waals surface area contributed by atoms with Crippen LogP contribution in [0.1, 0.15) is 18.9 Å². The van der Waals surface area contributed by atoms with E-state index in [1.54, 1.807) is 18.2 Å². The molecule has 1 aliphatic heterocycles. The first-order chi connectivity index (χ1) is 10.3. The normalized spacial score (nSPS) is 23.4. The smallest absolute Gasteiger partial charge is 0.307 e. The highest BCUT2D eigenvalue weighted by Crippen LogP contribution is 2.24. The SMILES string of the molecule is CC1CC(C(=O)O)CN(S(=O)(=O)CCc2cccc(Cl)c2)C1. The van der Waals surface area contributed by atoms with Gasteiger partial charge in [-0.3, -0.25) is 4.79 Å². The van der Waals surface area contributed by atoms with Crippen molar-refractivity contribution in [2.75, 3.05) is 18.8 Å². The highest BCUT2D eigenvalue weighted by molar-refractivity contribution is 7.89. The van der Waals surface area contributed by atoms with E-state index in [4.69, 9.17) is 16.7 Å². The molecule has 0 saturated carbocycles. The molecule has 0 radical (unpaired) electrons. The van der Waals surface area contributed by atoms with E-state index in [1.807, 2.05) is 13.0 Å². The molecule has 1 N–H and O–H groups in total. The van der Waals surface area contributed by atoms with E-state index < -0.39 is 21.9 Å². The summed E-state index contributed by atoms with van der Waals surface area (Å²) in [5, 5.41) is 9.72. The number of piperidine rings is 1. The second kappa shape index (κ2) is 6.98. The van der Waals surface area contributed by atoms with Gasteiger partial charge in [-0.25, -0.2) is 12.7 Å². The molecule has 0 amide bonds. The summed E-state index contributed by atoms with van der Waals surface area (Å²) in [6, 6.07) is 7.10. The van der Waals surface area contributed by atoms with Gasteiger partial charge in [0.25, 0.3) is 0 Å². The Bertz CT molecular complexity index is 647. The van der Waals surface area contributed by atoms with Crippen molar-refractivity contribution in [2.45, 2.75) is 19.8 Å². The Labute approximate surface area is 135 Å². The van der Waals surface area contributed by atoms with Gasteiger partial charge in [0.15, 0.2) is 0 Å². The number of hydrogen-bond acceptors (Lipinski definition) is 3. The first-order valence-corrected chi connectivity index (χ1v) is 9.21. The van der Waals surface area contributed by atoms with Crippen LogP contribution in [0.2, 0.25) is 5.02 Å². The van der Waals surface area contributed by atoms with Crippen LogP contribution in [0, 0.1) is 11.8 Å². The molecule has 22 heavy (non-hydrogen) atoms. The Kier molecular flexibility index (Phi) is 5.47. The average molecular weight is 346 g/mol. The average Bonchev–Trinajstić information content (AvgIpc) is 2.44. The highest BCUT2D eigenvalue weighted by atomic mass is 35.5. The van der Waals surface area contributed by atoms with E-state index in [2.05, 4.69) is 0 Å². The van der Waals surface area contributed by atoms with Gasteiger partial charge in [0.1, 0.15) is 0 Å². The number of rotatable bonds is 5. The number of carboxylic acids is 1. The maximum Gasteiger partial charge on any atom is 0.307 e. The summed E-state index contributed by atoms with van der Waals surface area (Å²) < 4.78 is 26.2. The molecule has 122 valence electrons. The van der Waals surface area contributed by atoms with Crippen molar-refractivity contribution >= 4 is 27.6 Å². The Hall–Kier alpha value is -1.11. The van der Waals surface area contributed by atoms with Gasteiger partial charge in [0.05, 0.1) is 11.7 Å². The molecule has 0 bridgehead atoms. The highest BCUT2D eigenvalue weighted by Gasteiger charge is 2.35. The van der Waals surface area contributed by atoms with Crippen LogP contribution in [0.15, 0.2) is 24.3 Å². The molecule has 2 unspecified atom stereocenters. The fourth-order valence-corrected chi connectivity index (χ4v) is 4.63. The minimum Gasteiger partial charge on any atom is -0.481 e. The van der Waals surface area contributed by atoms with Crippen LogP contribution in [0.25, 0.3) is 0 Å². The number of aliphatic carboxylic acids is 1. The first kappa shape index (κ1) is 17.2. The Balaban J connectivity index is 2.04. The predicted octanol–water partition coefficient (Wildman–Crippen LogP) is 2.25. The zero-order chi connectivity index (χ0) is 16.3. The summed E-state index contributed by atoms with van der Waals surface area (Å²) in [7, 11) is -3.47. The van der Waals surface area contributed by atoms with Gasteiger partial charge in [0.2, 0.25) is 10.0 Å². The van der Waals surface area contributed by atoms with E-state index in [0.29, 0.717) is 24.4 Å². The van der Waals surface area contributed by atoms with Gasteiger partial charge in [-0.2, -0.15) is 0 Å². The number of benzene rings is 1. The summed E-state index contributed by atoms with van der Waals surface area (Å²) >= 11 is 5.89. The Morgan fingerprint density at radius 3 is 2.77 bits per heavy atom. The number of nitrogens with zero attached hydrogens (tertiary/aromatic N) is 1. The van der Waals surface area contributed by atoms with Crippen molar-refractivity contribution in [3.63, 3.8) is 0 Å². The quantitative estimate of drug-likeness (QED) is 0.888. The van der Waals surface area contributed by atoms with Gasteiger partial charge < -0.3 is 5.11 Å². The molecule has 5 nitrogen and oxygen atoms in total. The number of halogens is 1. The molecule has 0 spiro atoms. The number of sulfonamides is 1. The van der Waals surface area contributed by atoms with Crippen LogP contribution >= 0.6 is 11.6 Å². The molecule has 1 fully saturated rings. The van der Waals surface area contributed by atoms with Crippen LogP contribution in [0.5, 0.6) is 0 Å². The van der Waals surface area contributed by atoms with Crippen LogP contribution in [0.4, 0.5) is 0 Å². The standard InChI is InChI=1S/C15H20ClNO4S/c1-11-7-13(15(18)19)10-17(9-11)22(20,21)6-5-12-3-2-4-14(16)8-12/h2-4,8,11,13H,5-7,9-10H2,1H3,(H,18,19). The Morgan fingerprint density at radius 2 is 2.14 bits per heavy atom. The topological polar surface area (TPSA) is 74.7 Å². The monoisotopic (exact) mass is 345 g/mol. The Morgan fingerprint density at radius 1 is 1.41 bits per heavy atom. The van der Waals surface area contributed by atoms with Crippen LogP contribution in [0.3, 0.4) is 0 Å². The maximum atomic E-state index is 12.5. The molecule has 7 heteroatoms. The number of carboxylic acid groups (broad SMARTS) is 1. The molecule has 1 aromatic rings. The summed E-state index contributed by atoms with van der Waals surface area (Å²) in [4.78, 5) is 11.2. The third-order valence-electron chi connectivity index (χ3n) is 3.91. The van der Waals surface area contributed by atoms with Crippen LogP contribution in [-0.2, 0) is 21.2 Å². The van der Waals surface area contributed by atoms with E-state index in [-0.39, 0.29) is 18.2 Å². The lowest BCUT2D eigenvalue weighted by Gasteiger charge is -2.33.